The molecule has 1 aromatic rings. The lowest BCUT2D eigenvalue weighted by molar-refractivity contribution is -0.121. The number of ether oxygens (including phenoxy) is 1. The Morgan fingerprint density at radius 3 is 2.85 bits per heavy atom. The first kappa shape index (κ1) is 17.0. The third-order valence-electron chi connectivity index (χ3n) is 2.83. The second kappa shape index (κ2) is 8.97. The lowest BCUT2D eigenvalue weighted by Crippen LogP contribution is -2.39. The first-order valence-electron chi connectivity index (χ1n) is 6.92. The summed E-state index contributed by atoms with van der Waals surface area (Å²) in [4.78, 5) is 11.7. The number of amides is 1. The van der Waals surface area contributed by atoms with Gasteiger partial charge in [-0.1, -0.05) is 13.0 Å². The van der Waals surface area contributed by atoms with Gasteiger partial charge in [0.1, 0.15) is 5.75 Å². The van der Waals surface area contributed by atoms with Gasteiger partial charge in [-0.15, -0.1) is 0 Å². The van der Waals surface area contributed by atoms with Crippen LogP contribution in [0.1, 0.15) is 25.8 Å². The van der Waals surface area contributed by atoms with E-state index in [-0.39, 0.29) is 11.9 Å². The number of carbonyl (C=O) groups excluding carboxylic acids is 1. The molecule has 20 heavy (non-hydrogen) atoms. The van der Waals surface area contributed by atoms with Crippen LogP contribution >= 0.6 is 15.9 Å². The number of hydrogen-bond donors (Lipinski definition) is 2. The van der Waals surface area contributed by atoms with Crippen molar-refractivity contribution in [3.63, 3.8) is 0 Å². The first-order valence-corrected chi connectivity index (χ1v) is 7.71. The molecule has 0 aliphatic rings. The highest BCUT2D eigenvalue weighted by molar-refractivity contribution is 9.10. The Morgan fingerprint density at radius 1 is 1.45 bits per heavy atom. The molecule has 0 aliphatic carbocycles. The molecule has 0 aromatic heterocycles. The Hall–Kier alpha value is -1.07. The molecule has 1 aromatic carbocycles. The van der Waals surface area contributed by atoms with E-state index < -0.39 is 0 Å². The van der Waals surface area contributed by atoms with Crippen molar-refractivity contribution in [1.82, 2.24) is 10.6 Å². The van der Waals surface area contributed by atoms with Gasteiger partial charge in [0, 0.05) is 12.6 Å². The van der Waals surface area contributed by atoms with Crippen molar-refractivity contribution in [2.45, 2.75) is 33.2 Å². The number of carbonyl (C=O) groups is 1. The Labute approximate surface area is 129 Å². The largest absolute Gasteiger partial charge is 0.492 e. The van der Waals surface area contributed by atoms with Crippen molar-refractivity contribution in [3.05, 3.63) is 28.2 Å². The average molecular weight is 343 g/mol. The van der Waals surface area contributed by atoms with Crippen molar-refractivity contribution in [2.75, 3.05) is 19.7 Å². The van der Waals surface area contributed by atoms with Crippen LogP contribution in [0, 0.1) is 6.92 Å². The molecule has 0 heterocycles. The molecule has 0 saturated carbocycles. The highest BCUT2D eigenvalue weighted by Crippen LogP contribution is 2.25. The molecule has 0 bridgehead atoms. The zero-order valence-electron chi connectivity index (χ0n) is 12.3. The minimum absolute atomic E-state index is 0.0120. The second-order valence-electron chi connectivity index (χ2n) is 4.80. The molecule has 2 N–H and O–H groups in total. The fraction of sp³-hybridized carbons (Fsp3) is 0.533. The van der Waals surface area contributed by atoms with Crippen molar-refractivity contribution >= 4 is 21.8 Å². The van der Waals surface area contributed by atoms with Crippen LogP contribution in [-0.2, 0) is 4.79 Å². The van der Waals surface area contributed by atoms with Gasteiger partial charge < -0.3 is 15.4 Å². The highest BCUT2D eigenvalue weighted by atomic mass is 79.9. The van der Waals surface area contributed by atoms with E-state index in [2.05, 4.69) is 26.6 Å². The van der Waals surface area contributed by atoms with Gasteiger partial charge in [-0.25, -0.2) is 0 Å². The van der Waals surface area contributed by atoms with Crippen LogP contribution in [0.15, 0.2) is 22.7 Å². The third kappa shape index (κ3) is 6.39. The van der Waals surface area contributed by atoms with Gasteiger partial charge in [0.25, 0.3) is 0 Å². The summed E-state index contributed by atoms with van der Waals surface area (Å²) in [5.74, 6) is 0.780. The van der Waals surface area contributed by atoms with Gasteiger partial charge in [0.15, 0.2) is 0 Å². The summed E-state index contributed by atoms with van der Waals surface area (Å²) in [5, 5.41) is 6.13. The van der Waals surface area contributed by atoms with E-state index in [1.165, 1.54) is 5.56 Å². The molecule has 0 spiro atoms. The summed E-state index contributed by atoms with van der Waals surface area (Å²) in [6.45, 7) is 8.04. The summed E-state index contributed by atoms with van der Waals surface area (Å²) in [6.07, 6.45) is 0.360. The van der Waals surface area contributed by atoms with E-state index >= 15 is 0 Å². The number of hydrogen-bond acceptors (Lipinski definition) is 3. The van der Waals surface area contributed by atoms with Gasteiger partial charge >= 0.3 is 0 Å². The minimum atomic E-state index is 0.0120. The van der Waals surface area contributed by atoms with Crippen LogP contribution in [0.4, 0.5) is 0 Å². The maximum Gasteiger partial charge on any atom is 0.223 e. The van der Waals surface area contributed by atoms with Crippen molar-refractivity contribution in [1.29, 1.82) is 0 Å². The molecule has 0 saturated heterocycles. The topological polar surface area (TPSA) is 50.4 Å². The zero-order valence-corrected chi connectivity index (χ0v) is 13.9. The molecular formula is C15H23BrN2O2. The quantitative estimate of drug-likeness (QED) is 0.763. The summed E-state index contributed by atoms with van der Waals surface area (Å²) in [5.41, 5.74) is 1.17. The molecule has 1 rings (SSSR count). The van der Waals surface area contributed by atoms with E-state index in [1.54, 1.807) is 0 Å². The van der Waals surface area contributed by atoms with E-state index in [9.17, 15) is 4.79 Å². The molecule has 0 fully saturated rings. The zero-order chi connectivity index (χ0) is 15.0. The second-order valence-corrected chi connectivity index (χ2v) is 5.65. The van der Waals surface area contributed by atoms with Crippen LogP contribution in [0.3, 0.4) is 0 Å². The van der Waals surface area contributed by atoms with E-state index in [0.29, 0.717) is 19.6 Å². The van der Waals surface area contributed by atoms with Crippen LogP contribution in [0.25, 0.3) is 0 Å². The number of benzene rings is 1. The summed E-state index contributed by atoms with van der Waals surface area (Å²) in [7, 11) is 0. The van der Waals surface area contributed by atoms with Gasteiger partial charge in [0.2, 0.25) is 5.91 Å². The predicted octanol–water partition coefficient (Wildman–Crippen LogP) is 2.64. The number of rotatable bonds is 8. The van der Waals surface area contributed by atoms with Crippen molar-refractivity contribution < 1.29 is 9.53 Å². The number of aryl methyl sites for hydroxylation is 1. The molecule has 0 unspecified atom stereocenters. The van der Waals surface area contributed by atoms with E-state index in [1.807, 2.05) is 39.0 Å². The summed E-state index contributed by atoms with van der Waals surface area (Å²) >= 11 is 3.45. The van der Waals surface area contributed by atoms with Crippen molar-refractivity contribution in [3.8, 4) is 5.75 Å². The van der Waals surface area contributed by atoms with E-state index in [0.717, 1.165) is 16.8 Å². The highest BCUT2D eigenvalue weighted by Gasteiger charge is 2.06. The lowest BCUT2D eigenvalue weighted by Gasteiger charge is -2.13. The maximum atomic E-state index is 11.7. The van der Waals surface area contributed by atoms with Gasteiger partial charge in [0.05, 0.1) is 17.5 Å². The smallest absolute Gasteiger partial charge is 0.223 e. The molecule has 0 radical (unpaired) electrons. The molecule has 112 valence electrons. The average Bonchev–Trinajstić information content (AvgIpc) is 2.39. The van der Waals surface area contributed by atoms with Crippen LogP contribution in [0.2, 0.25) is 0 Å². The molecule has 0 aliphatic heterocycles. The molecule has 4 nitrogen and oxygen atoms in total. The Kier molecular flexibility index (Phi) is 7.62. The third-order valence-corrected chi connectivity index (χ3v) is 3.45. The monoisotopic (exact) mass is 342 g/mol. The molecular weight excluding hydrogens is 320 g/mol. The first-order chi connectivity index (χ1) is 9.52. The van der Waals surface area contributed by atoms with E-state index in [4.69, 9.17) is 4.74 Å². The van der Waals surface area contributed by atoms with Gasteiger partial charge in [-0.3, -0.25) is 4.79 Å². The standard InChI is InChI=1S/C15H23BrN2O2/c1-4-17-12(3)10-18-15(19)7-8-20-14-6-5-11(2)9-13(14)16/h5-6,9,12,17H,4,7-8,10H2,1-3H3,(H,18,19)/t12-/m1/s1. The lowest BCUT2D eigenvalue weighted by atomic mass is 10.2. The number of halogens is 1. The molecule has 1 atom stereocenters. The predicted molar refractivity (Wildman–Crippen MR) is 85.1 cm³/mol. The minimum Gasteiger partial charge on any atom is -0.492 e. The number of nitrogens with one attached hydrogen (secondary N) is 2. The normalized spacial score (nSPS) is 12.0. The Balaban J connectivity index is 2.24. The van der Waals surface area contributed by atoms with Gasteiger partial charge in [-0.2, -0.15) is 0 Å². The van der Waals surface area contributed by atoms with Crippen LogP contribution in [0.5, 0.6) is 5.75 Å². The number of likely N-dealkylation sites (N-methyl/N-ethyl adjacent to an activating group) is 1. The Bertz CT molecular complexity index is 438. The Morgan fingerprint density at radius 2 is 2.20 bits per heavy atom. The molecule has 5 heteroatoms. The fourth-order valence-corrected chi connectivity index (χ4v) is 2.36. The summed E-state index contributed by atoms with van der Waals surface area (Å²) < 4.78 is 6.51. The molecule has 1 amide bonds. The maximum absolute atomic E-state index is 11.7. The SMILES string of the molecule is CCN[C@H](C)CNC(=O)CCOc1ccc(C)cc1Br. The van der Waals surface area contributed by atoms with Gasteiger partial charge in [-0.05, 0) is 54.0 Å². The van der Waals surface area contributed by atoms with Crippen LogP contribution < -0.4 is 15.4 Å². The fourth-order valence-electron chi connectivity index (χ4n) is 1.75. The van der Waals surface area contributed by atoms with Crippen molar-refractivity contribution in [2.24, 2.45) is 0 Å². The van der Waals surface area contributed by atoms with Crippen LogP contribution in [-0.4, -0.2) is 31.6 Å². The summed E-state index contributed by atoms with van der Waals surface area (Å²) in [6, 6.07) is 6.17.